The Morgan fingerprint density at radius 3 is 2.50 bits per heavy atom. The summed E-state index contributed by atoms with van der Waals surface area (Å²) in [7, 11) is 0. The molecule has 3 aromatic carbocycles. The van der Waals surface area contributed by atoms with Gasteiger partial charge in [0.15, 0.2) is 6.61 Å². The molecule has 4 rings (SSSR count). The maximum atomic E-state index is 9.27. The van der Waals surface area contributed by atoms with E-state index in [0.29, 0.717) is 22.4 Å². The summed E-state index contributed by atoms with van der Waals surface area (Å²) in [6, 6.07) is 25.8. The van der Waals surface area contributed by atoms with E-state index in [0.717, 1.165) is 22.4 Å². The number of rotatable bonds is 7. The molecule has 0 spiro atoms. The minimum Gasteiger partial charge on any atom is -0.484 e. The fourth-order valence-electron chi connectivity index (χ4n) is 2.89. The van der Waals surface area contributed by atoms with Crippen molar-refractivity contribution in [2.45, 2.75) is 24.5 Å². The molecule has 0 N–H and O–H groups in total. The topological polar surface area (TPSA) is 71.9 Å². The van der Waals surface area contributed by atoms with Gasteiger partial charge in [0, 0.05) is 5.75 Å². The van der Waals surface area contributed by atoms with Gasteiger partial charge in [-0.05, 0) is 41.8 Å². The number of nitrogens with zero attached hydrogens (tertiary/aromatic N) is 3. The molecule has 0 amide bonds. The van der Waals surface area contributed by atoms with Crippen molar-refractivity contribution >= 4 is 11.8 Å². The molecular weight excluding hydrogens is 394 g/mol. The minimum atomic E-state index is 0.240. The molecule has 30 heavy (non-hydrogen) atoms. The Morgan fingerprint density at radius 2 is 1.73 bits per heavy atom. The molecule has 0 unspecified atom stereocenters. The van der Waals surface area contributed by atoms with Crippen molar-refractivity contribution in [3.05, 3.63) is 95.4 Å². The van der Waals surface area contributed by atoms with Gasteiger partial charge in [0.1, 0.15) is 5.75 Å². The average Bonchev–Trinajstić information content (AvgIpc) is 3.25. The first-order valence-corrected chi connectivity index (χ1v) is 10.4. The van der Waals surface area contributed by atoms with Crippen molar-refractivity contribution in [3.8, 4) is 22.9 Å². The summed E-state index contributed by atoms with van der Waals surface area (Å²) in [4.78, 5) is 0. The molecule has 0 saturated heterocycles. The number of ether oxygens (including phenoxy) is 1. The van der Waals surface area contributed by atoms with Gasteiger partial charge in [0.05, 0.1) is 11.6 Å². The first kappa shape index (κ1) is 19.7. The predicted octanol–water partition coefficient (Wildman–Crippen LogP) is 5.79. The van der Waals surface area contributed by atoms with Crippen molar-refractivity contribution in [1.29, 1.82) is 5.26 Å². The van der Waals surface area contributed by atoms with Gasteiger partial charge in [-0.15, -0.1) is 10.2 Å². The van der Waals surface area contributed by atoms with Crippen LogP contribution in [-0.2, 0) is 12.4 Å². The highest BCUT2D eigenvalue weighted by Crippen LogP contribution is 2.26. The molecule has 5 nitrogen and oxygen atoms in total. The van der Waals surface area contributed by atoms with Crippen LogP contribution in [0.4, 0.5) is 0 Å². The zero-order valence-electron chi connectivity index (χ0n) is 16.4. The van der Waals surface area contributed by atoms with Crippen LogP contribution in [0.1, 0.15) is 22.6 Å². The van der Waals surface area contributed by atoms with Crippen LogP contribution in [0.2, 0.25) is 0 Å². The van der Waals surface area contributed by atoms with E-state index >= 15 is 0 Å². The third-order valence-electron chi connectivity index (χ3n) is 4.51. The third kappa shape index (κ3) is 4.88. The fraction of sp³-hybridized carbons (Fsp3) is 0.125. The molecule has 0 radical (unpaired) electrons. The standard InChI is InChI=1S/C24H19N3O2S/c1-17-6-12-21(13-7-17)28-15-23-26-27-24(29-23)30-16-18-8-10-19(11-9-18)22-5-3-2-4-20(22)14-25/h2-13H,15-16H2,1H3. The monoisotopic (exact) mass is 413 g/mol. The van der Waals surface area contributed by atoms with E-state index < -0.39 is 0 Å². The van der Waals surface area contributed by atoms with Crippen LogP contribution in [0, 0.1) is 18.3 Å². The zero-order valence-corrected chi connectivity index (χ0v) is 17.2. The van der Waals surface area contributed by atoms with Gasteiger partial charge >= 0.3 is 0 Å². The molecule has 0 fully saturated rings. The Hall–Kier alpha value is -3.56. The molecule has 4 aromatic rings. The summed E-state index contributed by atoms with van der Waals surface area (Å²) in [5.74, 6) is 1.92. The summed E-state index contributed by atoms with van der Waals surface area (Å²) < 4.78 is 11.3. The van der Waals surface area contributed by atoms with E-state index in [4.69, 9.17) is 9.15 Å². The molecule has 0 saturated carbocycles. The maximum Gasteiger partial charge on any atom is 0.277 e. The van der Waals surface area contributed by atoms with Crippen molar-refractivity contribution in [2.24, 2.45) is 0 Å². The number of nitriles is 1. The molecule has 1 heterocycles. The molecular formula is C24H19N3O2S. The van der Waals surface area contributed by atoms with Gasteiger partial charge in [-0.25, -0.2) is 0 Å². The molecule has 6 heteroatoms. The minimum absolute atomic E-state index is 0.240. The lowest BCUT2D eigenvalue weighted by Crippen LogP contribution is -1.95. The third-order valence-corrected chi connectivity index (χ3v) is 5.40. The number of aryl methyl sites for hydroxylation is 1. The summed E-state index contributed by atoms with van der Waals surface area (Å²) in [5, 5.41) is 17.9. The normalized spacial score (nSPS) is 10.5. The Kier molecular flexibility index (Phi) is 6.11. The lowest BCUT2D eigenvalue weighted by molar-refractivity contribution is 0.252. The Morgan fingerprint density at radius 1 is 0.967 bits per heavy atom. The van der Waals surface area contributed by atoms with Gasteiger partial charge in [-0.3, -0.25) is 0 Å². The summed E-state index contributed by atoms with van der Waals surface area (Å²) in [6.45, 7) is 2.27. The van der Waals surface area contributed by atoms with Crippen LogP contribution in [-0.4, -0.2) is 10.2 Å². The largest absolute Gasteiger partial charge is 0.484 e. The Labute approximate surface area is 179 Å². The summed E-state index contributed by atoms with van der Waals surface area (Å²) in [5.41, 5.74) is 4.95. The smallest absolute Gasteiger partial charge is 0.277 e. The van der Waals surface area contributed by atoms with Crippen molar-refractivity contribution in [2.75, 3.05) is 0 Å². The van der Waals surface area contributed by atoms with E-state index in [1.54, 1.807) is 0 Å². The maximum absolute atomic E-state index is 9.27. The number of hydrogen-bond acceptors (Lipinski definition) is 6. The van der Waals surface area contributed by atoms with Crippen LogP contribution in [0.15, 0.2) is 82.4 Å². The van der Waals surface area contributed by atoms with E-state index in [1.165, 1.54) is 17.3 Å². The SMILES string of the molecule is Cc1ccc(OCc2nnc(SCc3ccc(-c4ccccc4C#N)cc3)o2)cc1. The van der Waals surface area contributed by atoms with Crippen molar-refractivity contribution in [1.82, 2.24) is 10.2 Å². The predicted molar refractivity (Wildman–Crippen MR) is 116 cm³/mol. The lowest BCUT2D eigenvalue weighted by atomic mass is 10.00. The van der Waals surface area contributed by atoms with E-state index in [1.807, 2.05) is 79.7 Å². The van der Waals surface area contributed by atoms with Gasteiger partial charge in [0.25, 0.3) is 11.1 Å². The highest BCUT2D eigenvalue weighted by molar-refractivity contribution is 7.98. The Bertz CT molecular complexity index is 1160. The summed E-state index contributed by atoms with van der Waals surface area (Å²) in [6.07, 6.45) is 0. The molecule has 0 bridgehead atoms. The second kappa shape index (κ2) is 9.29. The molecule has 0 aliphatic heterocycles. The van der Waals surface area contributed by atoms with E-state index in [2.05, 4.69) is 16.3 Å². The number of hydrogen-bond donors (Lipinski definition) is 0. The molecule has 0 atom stereocenters. The Balaban J connectivity index is 1.33. The van der Waals surface area contributed by atoms with Crippen LogP contribution in [0.25, 0.3) is 11.1 Å². The first-order valence-electron chi connectivity index (χ1n) is 9.44. The average molecular weight is 414 g/mol. The van der Waals surface area contributed by atoms with Crippen LogP contribution < -0.4 is 4.74 Å². The van der Waals surface area contributed by atoms with Crippen molar-refractivity contribution in [3.63, 3.8) is 0 Å². The molecule has 148 valence electrons. The molecule has 0 aliphatic rings. The van der Waals surface area contributed by atoms with Crippen LogP contribution >= 0.6 is 11.8 Å². The molecule has 1 aromatic heterocycles. The second-order valence-electron chi connectivity index (χ2n) is 6.71. The van der Waals surface area contributed by atoms with Crippen LogP contribution in [0.5, 0.6) is 5.75 Å². The first-order chi connectivity index (χ1) is 14.7. The highest BCUT2D eigenvalue weighted by atomic mass is 32.2. The van der Waals surface area contributed by atoms with Gasteiger partial charge < -0.3 is 9.15 Å². The van der Waals surface area contributed by atoms with E-state index in [-0.39, 0.29) is 6.61 Å². The van der Waals surface area contributed by atoms with Crippen molar-refractivity contribution < 1.29 is 9.15 Å². The quantitative estimate of drug-likeness (QED) is 0.357. The van der Waals surface area contributed by atoms with Crippen LogP contribution in [0.3, 0.4) is 0 Å². The number of aromatic nitrogens is 2. The van der Waals surface area contributed by atoms with Gasteiger partial charge in [-0.1, -0.05) is 71.9 Å². The van der Waals surface area contributed by atoms with Gasteiger partial charge in [-0.2, -0.15) is 5.26 Å². The zero-order chi connectivity index (χ0) is 20.8. The fourth-order valence-corrected chi connectivity index (χ4v) is 3.63. The van der Waals surface area contributed by atoms with E-state index in [9.17, 15) is 5.26 Å². The molecule has 0 aliphatic carbocycles. The summed E-state index contributed by atoms with van der Waals surface area (Å²) >= 11 is 1.48. The second-order valence-corrected chi connectivity index (χ2v) is 7.63. The lowest BCUT2D eigenvalue weighted by Gasteiger charge is -2.05. The number of thioether (sulfide) groups is 1. The van der Waals surface area contributed by atoms with Gasteiger partial charge in [0.2, 0.25) is 0 Å². The number of benzene rings is 3. The highest BCUT2D eigenvalue weighted by Gasteiger charge is 2.09.